The fourth-order valence-corrected chi connectivity index (χ4v) is 3.22. The number of carbonyl (C=O) groups is 1. The second-order valence-corrected chi connectivity index (χ2v) is 6.60. The van der Waals surface area contributed by atoms with Gasteiger partial charge in [-0.15, -0.1) is 6.04 Å². The lowest BCUT2D eigenvalue weighted by Crippen LogP contribution is -2.23. The summed E-state index contributed by atoms with van der Waals surface area (Å²) in [5.74, 6) is -1.84. The molecule has 1 fully saturated rings. The maximum atomic E-state index is 14.4. The molecular weight excluding hydrogens is 375 g/mol. The van der Waals surface area contributed by atoms with Gasteiger partial charge in [0.2, 0.25) is 5.91 Å². The summed E-state index contributed by atoms with van der Waals surface area (Å²) in [6, 6.07) is 7.75. The van der Waals surface area contributed by atoms with E-state index in [0.717, 1.165) is 6.07 Å². The lowest BCUT2D eigenvalue weighted by Gasteiger charge is -2.22. The molecule has 0 radical (unpaired) electrons. The quantitative estimate of drug-likeness (QED) is 0.815. The minimum atomic E-state index is -2.63. The van der Waals surface area contributed by atoms with Crippen LogP contribution in [0, 0.1) is 11.7 Å². The van der Waals surface area contributed by atoms with Gasteiger partial charge in [0.15, 0.2) is 0 Å². The minimum Gasteiger partial charge on any atom is -0.673 e. The molecule has 1 aliphatic rings. The standard InChI is InChI=1S/C19H19F3N3O3/c20-13-9-12(25-6-2-1-3-18(25)26)4-5-15(13)24-19(27)11-7-14(23)16(8-11)28-10-17(21)22/h1-6,9,11,14,16-17,23H,7-8,10H2,(H,24,27)/q-1/t11-,14-,16-/m0/s1. The maximum Gasteiger partial charge on any atom is 0.261 e. The Bertz CT molecular complexity index is 903. The normalized spacial score (nSPS) is 21.8. The van der Waals surface area contributed by atoms with E-state index in [4.69, 9.17) is 10.5 Å². The van der Waals surface area contributed by atoms with Gasteiger partial charge >= 0.3 is 0 Å². The number of aromatic nitrogens is 1. The topological polar surface area (TPSA) is 84.1 Å². The first kappa shape index (κ1) is 20.1. The highest BCUT2D eigenvalue weighted by Crippen LogP contribution is 2.31. The van der Waals surface area contributed by atoms with E-state index in [-0.39, 0.29) is 24.1 Å². The summed E-state index contributed by atoms with van der Waals surface area (Å²) in [7, 11) is 0. The summed E-state index contributed by atoms with van der Waals surface area (Å²) in [5.41, 5.74) is 7.80. The Morgan fingerprint density at radius 1 is 1.29 bits per heavy atom. The average molecular weight is 394 g/mol. The second-order valence-electron chi connectivity index (χ2n) is 6.60. The van der Waals surface area contributed by atoms with Crippen molar-refractivity contribution < 1.29 is 22.7 Å². The van der Waals surface area contributed by atoms with Crippen LogP contribution in [-0.2, 0) is 9.53 Å². The Morgan fingerprint density at radius 2 is 2.07 bits per heavy atom. The van der Waals surface area contributed by atoms with Gasteiger partial charge in [-0.05, 0) is 24.6 Å². The van der Waals surface area contributed by atoms with E-state index in [1.54, 1.807) is 12.1 Å². The Hall–Kier alpha value is -2.65. The highest BCUT2D eigenvalue weighted by Gasteiger charge is 2.33. The number of nitrogens with one attached hydrogen (secondary N) is 2. The van der Waals surface area contributed by atoms with E-state index < -0.39 is 42.8 Å². The first-order valence-corrected chi connectivity index (χ1v) is 8.74. The number of hydrogen-bond donors (Lipinski definition) is 1. The minimum absolute atomic E-state index is 0.0591. The summed E-state index contributed by atoms with van der Waals surface area (Å²) < 4.78 is 45.2. The van der Waals surface area contributed by atoms with Crippen LogP contribution in [0.5, 0.6) is 0 Å². The van der Waals surface area contributed by atoms with Gasteiger partial charge in [0.25, 0.3) is 12.0 Å². The summed E-state index contributed by atoms with van der Waals surface area (Å²) >= 11 is 0. The molecule has 150 valence electrons. The third-order valence-electron chi connectivity index (χ3n) is 4.62. The molecule has 1 aromatic heterocycles. The van der Waals surface area contributed by atoms with E-state index in [1.807, 2.05) is 0 Å². The molecule has 0 saturated heterocycles. The second kappa shape index (κ2) is 8.57. The van der Waals surface area contributed by atoms with Gasteiger partial charge in [-0.1, -0.05) is 12.5 Å². The number of ether oxygens (including phenoxy) is 1. The zero-order chi connectivity index (χ0) is 20.3. The van der Waals surface area contributed by atoms with E-state index in [9.17, 15) is 22.8 Å². The summed E-state index contributed by atoms with van der Waals surface area (Å²) in [4.78, 5) is 24.2. The van der Waals surface area contributed by atoms with Crippen LogP contribution in [0.25, 0.3) is 11.4 Å². The van der Waals surface area contributed by atoms with E-state index >= 15 is 0 Å². The van der Waals surface area contributed by atoms with Crippen LogP contribution >= 0.6 is 0 Å². The first-order chi connectivity index (χ1) is 13.3. The molecular formula is C19H19F3N3O3-. The Labute approximate surface area is 159 Å². The molecule has 2 N–H and O–H groups in total. The van der Waals surface area contributed by atoms with Gasteiger partial charge in [-0.25, -0.2) is 13.2 Å². The third-order valence-corrected chi connectivity index (χ3v) is 4.62. The van der Waals surface area contributed by atoms with Crippen LogP contribution in [0.3, 0.4) is 0 Å². The Kier molecular flexibility index (Phi) is 6.15. The van der Waals surface area contributed by atoms with Crippen molar-refractivity contribution >= 4 is 11.6 Å². The number of benzene rings is 1. The molecule has 1 aliphatic carbocycles. The number of hydrogen-bond acceptors (Lipinski definition) is 3. The van der Waals surface area contributed by atoms with E-state index in [2.05, 4.69) is 5.32 Å². The lowest BCUT2D eigenvalue weighted by atomic mass is 10.1. The number of pyridine rings is 1. The van der Waals surface area contributed by atoms with Crippen molar-refractivity contribution in [2.24, 2.45) is 5.92 Å². The zero-order valence-electron chi connectivity index (χ0n) is 14.8. The first-order valence-electron chi connectivity index (χ1n) is 8.74. The molecule has 1 aromatic carbocycles. The third kappa shape index (κ3) is 4.60. The summed E-state index contributed by atoms with van der Waals surface area (Å²) in [6.07, 6.45) is -1.60. The molecule has 0 aliphatic heterocycles. The van der Waals surface area contributed by atoms with E-state index in [0.29, 0.717) is 5.69 Å². The molecule has 0 spiro atoms. The predicted octanol–water partition coefficient (Wildman–Crippen LogP) is 3.40. The molecule has 1 amide bonds. The van der Waals surface area contributed by atoms with Crippen LogP contribution in [0.4, 0.5) is 18.9 Å². The average Bonchev–Trinajstić information content (AvgIpc) is 3.03. The van der Waals surface area contributed by atoms with Gasteiger partial charge in [0.1, 0.15) is 12.4 Å². The molecule has 3 atom stereocenters. The molecule has 9 heteroatoms. The van der Waals surface area contributed by atoms with Crippen LogP contribution in [-0.4, -0.2) is 35.7 Å². The number of amides is 1. The van der Waals surface area contributed by atoms with Crippen LogP contribution in [0.15, 0.2) is 47.4 Å². The number of alkyl halides is 2. The van der Waals surface area contributed by atoms with Crippen molar-refractivity contribution in [1.29, 1.82) is 0 Å². The fourth-order valence-electron chi connectivity index (χ4n) is 3.22. The van der Waals surface area contributed by atoms with Crippen molar-refractivity contribution in [3.63, 3.8) is 0 Å². The highest BCUT2D eigenvalue weighted by molar-refractivity contribution is 5.93. The van der Waals surface area contributed by atoms with Crippen LogP contribution < -0.4 is 10.9 Å². The number of carbonyl (C=O) groups excluding carboxylic acids is 1. The van der Waals surface area contributed by atoms with Gasteiger partial charge in [-0.2, -0.15) is 0 Å². The van der Waals surface area contributed by atoms with E-state index in [1.165, 1.54) is 29.0 Å². The van der Waals surface area contributed by atoms with Crippen LogP contribution in [0.1, 0.15) is 12.8 Å². The zero-order valence-corrected chi connectivity index (χ0v) is 14.8. The number of nitrogens with zero attached hydrogens (tertiary/aromatic N) is 1. The van der Waals surface area contributed by atoms with Crippen molar-refractivity contribution in [2.75, 3.05) is 11.9 Å². The molecule has 6 nitrogen and oxygen atoms in total. The molecule has 28 heavy (non-hydrogen) atoms. The monoisotopic (exact) mass is 394 g/mol. The molecule has 0 unspecified atom stereocenters. The summed E-state index contributed by atoms with van der Waals surface area (Å²) in [6.45, 7) is -0.774. The number of anilines is 1. The molecule has 2 aromatic rings. The molecule has 3 rings (SSSR count). The van der Waals surface area contributed by atoms with Crippen LogP contribution in [0.2, 0.25) is 0 Å². The van der Waals surface area contributed by atoms with Crippen molar-refractivity contribution in [3.05, 3.63) is 64.5 Å². The Morgan fingerprint density at radius 3 is 2.75 bits per heavy atom. The SMILES string of the molecule is [NH-][C@H]1C[C@H](C(=O)Nc2ccc(-n3ccccc3=O)cc2F)C[C@@H]1OCC(F)F. The van der Waals surface area contributed by atoms with Gasteiger partial charge in [0, 0.05) is 30.4 Å². The Balaban J connectivity index is 1.66. The smallest absolute Gasteiger partial charge is 0.261 e. The number of rotatable bonds is 6. The fraction of sp³-hybridized carbons (Fsp3) is 0.368. The lowest BCUT2D eigenvalue weighted by molar-refractivity contribution is -0.120. The molecule has 1 heterocycles. The van der Waals surface area contributed by atoms with Crippen molar-refractivity contribution in [3.8, 4) is 5.69 Å². The van der Waals surface area contributed by atoms with Crippen molar-refractivity contribution in [2.45, 2.75) is 31.4 Å². The predicted molar refractivity (Wildman–Crippen MR) is 97.2 cm³/mol. The van der Waals surface area contributed by atoms with Gasteiger partial charge < -0.3 is 15.8 Å². The van der Waals surface area contributed by atoms with Crippen molar-refractivity contribution in [1.82, 2.24) is 4.57 Å². The van der Waals surface area contributed by atoms with Gasteiger partial charge in [-0.3, -0.25) is 14.2 Å². The summed E-state index contributed by atoms with van der Waals surface area (Å²) in [5, 5.41) is 2.46. The number of halogens is 3. The molecule has 0 bridgehead atoms. The highest BCUT2D eigenvalue weighted by atomic mass is 19.3. The molecule has 1 saturated carbocycles. The maximum absolute atomic E-state index is 14.4. The van der Waals surface area contributed by atoms with Gasteiger partial charge in [0.05, 0.1) is 11.4 Å². The largest absolute Gasteiger partial charge is 0.673 e.